The van der Waals surface area contributed by atoms with Gasteiger partial charge in [-0.05, 0) is 29.3 Å². The monoisotopic (exact) mass is 259 g/mol. The summed E-state index contributed by atoms with van der Waals surface area (Å²) in [5, 5.41) is 29.1. The van der Waals surface area contributed by atoms with Crippen LogP contribution in [0.2, 0.25) is 0 Å². The molecular weight excluding hydrogens is 250 g/mol. The molecule has 0 saturated carbocycles. The van der Waals surface area contributed by atoms with Gasteiger partial charge in [0.25, 0.3) is 5.69 Å². The van der Waals surface area contributed by atoms with Crippen LogP contribution >= 0.6 is 0 Å². The van der Waals surface area contributed by atoms with Crippen LogP contribution in [0.25, 0.3) is 11.1 Å². The second kappa shape index (κ2) is 4.77. The van der Waals surface area contributed by atoms with Gasteiger partial charge in [0.2, 0.25) is 0 Å². The summed E-state index contributed by atoms with van der Waals surface area (Å²) in [6, 6.07) is 10.0. The molecule has 0 radical (unpaired) electrons. The van der Waals surface area contributed by atoms with Crippen molar-refractivity contribution in [1.82, 2.24) is 0 Å². The van der Waals surface area contributed by atoms with Gasteiger partial charge in [-0.2, -0.15) is 0 Å². The highest BCUT2D eigenvalue weighted by molar-refractivity contribution is 5.93. The Morgan fingerprint density at radius 2 is 1.79 bits per heavy atom. The summed E-state index contributed by atoms with van der Waals surface area (Å²) in [7, 11) is 0. The van der Waals surface area contributed by atoms with E-state index in [0.717, 1.165) is 0 Å². The number of carbonyl (C=O) groups is 1. The molecule has 96 valence electrons. The van der Waals surface area contributed by atoms with Gasteiger partial charge in [-0.1, -0.05) is 18.2 Å². The van der Waals surface area contributed by atoms with E-state index in [1.807, 2.05) is 0 Å². The first-order valence-electron chi connectivity index (χ1n) is 5.30. The Bertz CT molecular complexity index is 666. The van der Waals surface area contributed by atoms with Crippen LogP contribution in [0.3, 0.4) is 0 Å². The Kier molecular flexibility index (Phi) is 3.15. The quantitative estimate of drug-likeness (QED) is 0.651. The van der Waals surface area contributed by atoms with Crippen molar-refractivity contribution in [2.75, 3.05) is 0 Å². The minimum absolute atomic E-state index is 0.0301. The molecule has 6 nitrogen and oxygen atoms in total. The van der Waals surface area contributed by atoms with Gasteiger partial charge in [0.15, 0.2) is 0 Å². The van der Waals surface area contributed by atoms with Crippen molar-refractivity contribution in [3.63, 3.8) is 0 Å². The van der Waals surface area contributed by atoms with Crippen molar-refractivity contribution in [2.45, 2.75) is 0 Å². The second-order valence-corrected chi connectivity index (χ2v) is 3.84. The van der Waals surface area contributed by atoms with Crippen molar-refractivity contribution in [3.8, 4) is 16.9 Å². The second-order valence-electron chi connectivity index (χ2n) is 3.84. The summed E-state index contributed by atoms with van der Waals surface area (Å²) in [6.45, 7) is 0. The third kappa shape index (κ3) is 2.52. The third-order valence-corrected chi connectivity index (χ3v) is 2.60. The van der Waals surface area contributed by atoms with Crippen LogP contribution in [-0.2, 0) is 0 Å². The lowest BCUT2D eigenvalue weighted by molar-refractivity contribution is -0.385. The number of carboxylic acid groups (broad SMARTS) is 1. The van der Waals surface area contributed by atoms with Crippen LogP contribution in [0.4, 0.5) is 5.69 Å². The SMILES string of the molecule is O=C(O)c1ccc(-c2cccc(O)c2)cc1[N+](=O)[O-]. The maximum Gasteiger partial charge on any atom is 0.342 e. The Morgan fingerprint density at radius 3 is 2.37 bits per heavy atom. The Morgan fingerprint density at radius 1 is 1.11 bits per heavy atom. The lowest BCUT2D eigenvalue weighted by atomic mass is 10.0. The zero-order chi connectivity index (χ0) is 14.0. The smallest absolute Gasteiger partial charge is 0.342 e. The molecule has 0 aliphatic carbocycles. The molecule has 0 heterocycles. The van der Waals surface area contributed by atoms with E-state index < -0.39 is 16.6 Å². The standard InChI is InChI=1S/C13H9NO5/c15-10-3-1-2-8(6-10)9-4-5-11(13(16)17)12(7-9)14(18)19/h1-7,15H,(H,16,17). The fourth-order valence-corrected chi connectivity index (χ4v) is 1.73. The number of aromatic hydroxyl groups is 1. The molecular formula is C13H9NO5. The Labute approximate surface area is 107 Å². The predicted octanol–water partition coefficient (Wildman–Crippen LogP) is 2.67. The minimum Gasteiger partial charge on any atom is -0.508 e. The van der Waals surface area contributed by atoms with Gasteiger partial charge in [-0.15, -0.1) is 0 Å². The number of nitrogens with zero attached hydrogens (tertiary/aromatic N) is 1. The zero-order valence-corrected chi connectivity index (χ0v) is 9.61. The number of phenols is 1. The van der Waals surface area contributed by atoms with Gasteiger partial charge >= 0.3 is 5.97 Å². The number of nitro groups is 1. The van der Waals surface area contributed by atoms with E-state index in [9.17, 15) is 20.0 Å². The van der Waals surface area contributed by atoms with Gasteiger partial charge in [0.05, 0.1) is 4.92 Å². The molecule has 0 aromatic heterocycles. The molecule has 0 fully saturated rings. The van der Waals surface area contributed by atoms with E-state index in [1.165, 1.54) is 30.3 Å². The number of carboxylic acids is 1. The van der Waals surface area contributed by atoms with E-state index in [1.54, 1.807) is 12.1 Å². The molecule has 0 aliphatic heterocycles. The molecule has 0 amide bonds. The van der Waals surface area contributed by atoms with Crippen LogP contribution in [0, 0.1) is 10.1 Å². The van der Waals surface area contributed by atoms with Crippen molar-refractivity contribution in [3.05, 3.63) is 58.1 Å². The van der Waals surface area contributed by atoms with Gasteiger partial charge in [-0.25, -0.2) is 4.79 Å². The normalized spacial score (nSPS) is 10.1. The van der Waals surface area contributed by atoms with E-state index in [0.29, 0.717) is 11.1 Å². The maximum atomic E-state index is 10.9. The maximum absolute atomic E-state index is 10.9. The minimum atomic E-state index is -1.35. The summed E-state index contributed by atoms with van der Waals surface area (Å²) in [5.41, 5.74) is 0.190. The highest BCUT2D eigenvalue weighted by atomic mass is 16.6. The van der Waals surface area contributed by atoms with E-state index in [4.69, 9.17) is 5.11 Å². The number of rotatable bonds is 3. The Balaban J connectivity index is 2.58. The van der Waals surface area contributed by atoms with Crippen molar-refractivity contribution < 1.29 is 19.9 Å². The van der Waals surface area contributed by atoms with Gasteiger partial charge < -0.3 is 10.2 Å². The van der Waals surface area contributed by atoms with E-state index in [2.05, 4.69) is 0 Å². The summed E-state index contributed by atoms with van der Waals surface area (Å²) < 4.78 is 0. The molecule has 0 saturated heterocycles. The van der Waals surface area contributed by atoms with Crippen LogP contribution in [-0.4, -0.2) is 21.1 Å². The third-order valence-electron chi connectivity index (χ3n) is 2.60. The van der Waals surface area contributed by atoms with Gasteiger partial charge in [0, 0.05) is 6.07 Å². The first kappa shape index (κ1) is 12.6. The number of nitro benzene ring substituents is 1. The summed E-state index contributed by atoms with van der Waals surface area (Å²) >= 11 is 0. The van der Waals surface area contributed by atoms with Crippen LogP contribution in [0.15, 0.2) is 42.5 Å². The number of hydrogen-bond donors (Lipinski definition) is 2. The lowest BCUT2D eigenvalue weighted by Gasteiger charge is -2.04. The van der Waals surface area contributed by atoms with Crippen LogP contribution in [0.1, 0.15) is 10.4 Å². The van der Waals surface area contributed by atoms with Crippen molar-refractivity contribution >= 4 is 11.7 Å². The lowest BCUT2D eigenvalue weighted by Crippen LogP contribution is -2.02. The number of hydrogen-bond acceptors (Lipinski definition) is 4. The van der Waals surface area contributed by atoms with Gasteiger partial charge in [0.1, 0.15) is 11.3 Å². The molecule has 0 aliphatic rings. The molecule has 2 aromatic carbocycles. The molecule has 2 aromatic rings. The molecule has 2 N–H and O–H groups in total. The first-order valence-corrected chi connectivity index (χ1v) is 5.30. The van der Waals surface area contributed by atoms with Crippen LogP contribution in [0.5, 0.6) is 5.75 Å². The fraction of sp³-hybridized carbons (Fsp3) is 0. The Hall–Kier alpha value is -2.89. The summed E-state index contributed by atoms with van der Waals surface area (Å²) in [5.74, 6) is -1.32. The average Bonchev–Trinajstić information content (AvgIpc) is 2.37. The molecule has 0 spiro atoms. The highest BCUT2D eigenvalue weighted by Crippen LogP contribution is 2.28. The van der Waals surface area contributed by atoms with Crippen molar-refractivity contribution in [1.29, 1.82) is 0 Å². The molecule has 6 heteroatoms. The fourth-order valence-electron chi connectivity index (χ4n) is 1.73. The van der Waals surface area contributed by atoms with Gasteiger partial charge in [-0.3, -0.25) is 10.1 Å². The van der Waals surface area contributed by atoms with E-state index >= 15 is 0 Å². The number of benzene rings is 2. The van der Waals surface area contributed by atoms with Crippen LogP contribution < -0.4 is 0 Å². The average molecular weight is 259 g/mol. The number of aromatic carboxylic acids is 1. The molecule has 0 bridgehead atoms. The molecule has 19 heavy (non-hydrogen) atoms. The first-order chi connectivity index (χ1) is 8.99. The largest absolute Gasteiger partial charge is 0.508 e. The number of phenolic OH excluding ortho intramolecular Hbond substituents is 1. The predicted molar refractivity (Wildman–Crippen MR) is 67.2 cm³/mol. The van der Waals surface area contributed by atoms with Crippen molar-refractivity contribution in [2.24, 2.45) is 0 Å². The summed E-state index contributed by atoms with van der Waals surface area (Å²) in [4.78, 5) is 21.0. The molecule has 2 rings (SSSR count). The topological polar surface area (TPSA) is 101 Å². The summed E-state index contributed by atoms with van der Waals surface area (Å²) in [6.07, 6.45) is 0. The highest BCUT2D eigenvalue weighted by Gasteiger charge is 2.20. The molecule has 0 unspecified atom stereocenters. The zero-order valence-electron chi connectivity index (χ0n) is 9.61. The van der Waals surface area contributed by atoms with E-state index in [-0.39, 0.29) is 11.3 Å². The molecule has 0 atom stereocenters.